The average molecular weight is 420 g/mol. The Bertz CT molecular complexity index is 872. The number of carbonyl (C=O) groups excluding carboxylic acids is 1. The summed E-state index contributed by atoms with van der Waals surface area (Å²) in [6, 6.07) is 20.6. The van der Waals surface area contributed by atoms with Crippen molar-refractivity contribution in [1.29, 1.82) is 0 Å². The second-order valence-corrected chi connectivity index (χ2v) is 9.53. The Morgan fingerprint density at radius 2 is 1.58 bits per heavy atom. The van der Waals surface area contributed by atoms with Crippen LogP contribution in [0.1, 0.15) is 36.8 Å². The molecule has 1 unspecified atom stereocenters. The quantitative estimate of drug-likeness (QED) is 0.576. The molecule has 3 N–H and O–H groups in total. The highest BCUT2D eigenvalue weighted by Gasteiger charge is 2.55. The van der Waals surface area contributed by atoms with Gasteiger partial charge in [0, 0.05) is 31.6 Å². The van der Waals surface area contributed by atoms with Crippen LogP contribution in [-0.2, 0) is 16.9 Å². The standard InChI is InChI=1S/C26H33N3O2/c30-25(26(31,21-13-7-8-14-21)20-11-5-2-6-12-20)28-18-27-24-22-16-29(17-23(22)24)15-19-9-3-1-4-10-19/h1-6,9-12,21-24,27,31H,7-8,13-18H2,(H,28,30)/t22-,23+,24?,26-/m0/s1. The topological polar surface area (TPSA) is 64.6 Å². The van der Waals surface area contributed by atoms with Crippen LogP contribution in [0.4, 0.5) is 0 Å². The summed E-state index contributed by atoms with van der Waals surface area (Å²) in [6.07, 6.45) is 3.96. The third-order valence-corrected chi connectivity index (χ3v) is 7.61. The zero-order valence-corrected chi connectivity index (χ0v) is 18.0. The van der Waals surface area contributed by atoms with E-state index in [-0.39, 0.29) is 11.8 Å². The van der Waals surface area contributed by atoms with Crippen molar-refractivity contribution in [3.05, 3.63) is 71.8 Å². The zero-order chi connectivity index (χ0) is 21.3. The maximum absolute atomic E-state index is 13.1. The number of hydrogen-bond acceptors (Lipinski definition) is 4. The number of hydrogen-bond donors (Lipinski definition) is 3. The number of piperidine rings is 1. The van der Waals surface area contributed by atoms with Crippen molar-refractivity contribution in [1.82, 2.24) is 15.5 Å². The molecule has 0 aromatic heterocycles. The lowest BCUT2D eigenvalue weighted by molar-refractivity contribution is -0.147. The van der Waals surface area contributed by atoms with Crippen molar-refractivity contribution in [2.24, 2.45) is 17.8 Å². The highest BCUT2D eigenvalue weighted by molar-refractivity contribution is 5.86. The molecule has 0 bridgehead atoms. The van der Waals surface area contributed by atoms with Gasteiger partial charge < -0.3 is 10.4 Å². The van der Waals surface area contributed by atoms with E-state index in [0.29, 0.717) is 30.1 Å². The number of fused-ring (bicyclic) bond motifs is 1. The fraction of sp³-hybridized carbons (Fsp3) is 0.500. The van der Waals surface area contributed by atoms with Crippen LogP contribution in [0.2, 0.25) is 0 Å². The fourth-order valence-electron chi connectivity index (χ4n) is 5.86. The van der Waals surface area contributed by atoms with E-state index in [1.54, 1.807) is 0 Å². The van der Waals surface area contributed by atoms with Crippen LogP contribution in [0.3, 0.4) is 0 Å². The zero-order valence-electron chi connectivity index (χ0n) is 18.0. The molecule has 5 rings (SSSR count). The number of benzene rings is 2. The Morgan fingerprint density at radius 3 is 2.23 bits per heavy atom. The van der Waals surface area contributed by atoms with Crippen LogP contribution in [0, 0.1) is 17.8 Å². The first kappa shape index (κ1) is 20.7. The first-order valence-electron chi connectivity index (χ1n) is 11.7. The van der Waals surface area contributed by atoms with Gasteiger partial charge in [0.1, 0.15) is 0 Å². The largest absolute Gasteiger partial charge is 0.375 e. The molecule has 3 fully saturated rings. The number of amides is 1. The van der Waals surface area contributed by atoms with Gasteiger partial charge >= 0.3 is 0 Å². The van der Waals surface area contributed by atoms with Crippen molar-refractivity contribution < 1.29 is 9.90 Å². The number of carbonyl (C=O) groups is 1. The van der Waals surface area contributed by atoms with Gasteiger partial charge in [-0.25, -0.2) is 0 Å². The minimum atomic E-state index is -1.44. The van der Waals surface area contributed by atoms with E-state index in [4.69, 9.17) is 0 Å². The maximum Gasteiger partial charge on any atom is 0.257 e. The molecule has 1 amide bonds. The van der Waals surface area contributed by atoms with Gasteiger partial charge in [-0.15, -0.1) is 0 Å². The molecule has 0 spiro atoms. The first-order chi connectivity index (χ1) is 15.2. The van der Waals surface area contributed by atoms with Crippen molar-refractivity contribution >= 4 is 5.91 Å². The normalized spacial score (nSPS) is 27.6. The molecular weight excluding hydrogens is 386 g/mol. The molecule has 1 heterocycles. The third kappa shape index (κ3) is 4.14. The summed E-state index contributed by atoms with van der Waals surface area (Å²) in [4.78, 5) is 15.7. The Kier molecular flexibility index (Phi) is 5.83. The van der Waals surface area contributed by atoms with Gasteiger partial charge in [0.25, 0.3) is 5.91 Å². The summed E-state index contributed by atoms with van der Waals surface area (Å²) >= 11 is 0. The molecule has 3 aliphatic rings. The van der Waals surface area contributed by atoms with Crippen molar-refractivity contribution in [3.63, 3.8) is 0 Å². The van der Waals surface area contributed by atoms with Gasteiger partial charge in [-0.2, -0.15) is 0 Å². The second-order valence-electron chi connectivity index (χ2n) is 9.53. The van der Waals surface area contributed by atoms with Gasteiger partial charge in [-0.1, -0.05) is 73.5 Å². The molecule has 2 aromatic rings. The summed E-state index contributed by atoms with van der Waals surface area (Å²) < 4.78 is 0. The van der Waals surface area contributed by atoms with Crippen LogP contribution < -0.4 is 10.6 Å². The monoisotopic (exact) mass is 419 g/mol. The molecule has 5 nitrogen and oxygen atoms in total. The summed E-state index contributed by atoms with van der Waals surface area (Å²) in [5.41, 5.74) is 0.637. The molecular formula is C26H33N3O2. The Hall–Kier alpha value is -2.21. The van der Waals surface area contributed by atoms with Crippen molar-refractivity contribution in [2.75, 3.05) is 19.8 Å². The molecule has 2 aromatic carbocycles. The number of nitrogens with one attached hydrogen (secondary N) is 2. The smallest absolute Gasteiger partial charge is 0.257 e. The number of aliphatic hydroxyl groups is 1. The molecule has 2 saturated carbocycles. The molecule has 31 heavy (non-hydrogen) atoms. The van der Waals surface area contributed by atoms with Crippen LogP contribution in [0.15, 0.2) is 60.7 Å². The average Bonchev–Trinajstić information content (AvgIpc) is 3.20. The van der Waals surface area contributed by atoms with Crippen LogP contribution in [0.25, 0.3) is 0 Å². The predicted octanol–water partition coefficient (Wildman–Crippen LogP) is 2.86. The lowest BCUT2D eigenvalue weighted by Crippen LogP contribution is -2.51. The number of rotatable bonds is 8. The van der Waals surface area contributed by atoms with Gasteiger partial charge in [-0.3, -0.25) is 15.0 Å². The predicted molar refractivity (Wildman–Crippen MR) is 121 cm³/mol. The molecule has 2 aliphatic carbocycles. The Balaban J connectivity index is 1.12. The highest BCUT2D eigenvalue weighted by atomic mass is 16.3. The van der Waals surface area contributed by atoms with Gasteiger partial charge in [0.2, 0.25) is 0 Å². The third-order valence-electron chi connectivity index (χ3n) is 7.61. The summed E-state index contributed by atoms with van der Waals surface area (Å²) in [5, 5.41) is 18.0. The highest BCUT2D eigenvalue weighted by Crippen LogP contribution is 2.46. The SMILES string of the molecule is O=C(NCNC1[C@H]2CN(Cc3ccccc3)C[C@@H]12)[C@](O)(c1ccccc1)C1CCCC1. The van der Waals surface area contributed by atoms with Crippen molar-refractivity contribution in [2.45, 2.75) is 43.9 Å². The van der Waals surface area contributed by atoms with E-state index in [2.05, 4.69) is 45.9 Å². The lowest BCUT2D eigenvalue weighted by atomic mass is 9.79. The molecule has 164 valence electrons. The van der Waals surface area contributed by atoms with E-state index in [0.717, 1.165) is 45.3 Å². The second kappa shape index (κ2) is 8.73. The maximum atomic E-state index is 13.1. The summed E-state index contributed by atoms with van der Waals surface area (Å²) in [5.74, 6) is 1.06. The first-order valence-corrected chi connectivity index (χ1v) is 11.7. The Labute approximate surface area is 184 Å². The van der Waals surface area contributed by atoms with E-state index < -0.39 is 5.60 Å². The van der Waals surface area contributed by atoms with Gasteiger partial charge in [0.05, 0.1) is 6.67 Å². The van der Waals surface area contributed by atoms with E-state index in [1.165, 1.54) is 5.56 Å². The lowest BCUT2D eigenvalue weighted by Gasteiger charge is -2.33. The summed E-state index contributed by atoms with van der Waals surface area (Å²) in [6.45, 7) is 3.66. The van der Waals surface area contributed by atoms with E-state index in [1.807, 2.05) is 30.3 Å². The minimum Gasteiger partial charge on any atom is -0.375 e. The molecule has 1 saturated heterocycles. The minimum absolute atomic E-state index is 0.0123. The number of nitrogens with zero attached hydrogens (tertiary/aromatic N) is 1. The van der Waals surface area contributed by atoms with Crippen LogP contribution in [0.5, 0.6) is 0 Å². The van der Waals surface area contributed by atoms with Crippen LogP contribution >= 0.6 is 0 Å². The molecule has 1 aliphatic heterocycles. The molecule has 5 heteroatoms. The van der Waals surface area contributed by atoms with Crippen LogP contribution in [-0.4, -0.2) is 41.7 Å². The Morgan fingerprint density at radius 1 is 0.968 bits per heavy atom. The molecule has 0 radical (unpaired) electrons. The fourth-order valence-corrected chi connectivity index (χ4v) is 5.86. The van der Waals surface area contributed by atoms with E-state index >= 15 is 0 Å². The van der Waals surface area contributed by atoms with Gasteiger partial charge in [0.15, 0.2) is 5.60 Å². The van der Waals surface area contributed by atoms with E-state index in [9.17, 15) is 9.90 Å². The van der Waals surface area contributed by atoms with Gasteiger partial charge in [-0.05, 0) is 35.8 Å². The molecule has 4 atom stereocenters. The number of likely N-dealkylation sites (tertiary alicyclic amines) is 1. The summed E-state index contributed by atoms with van der Waals surface area (Å²) in [7, 11) is 0. The van der Waals surface area contributed by atoms with Crippen molar-refractivity contribution in [3.8, 4) is 0 Å².